The number of Topliss-reactive ketones (excluding diaryl/α,β-unsaturated/α-hetero) is 1. The van der Waals surface area contributed by atoms with E-state index in [0.29, 0.717) is 0 Å². The molecule has 1 fully saturated rings. The van der Waals surface area contributed by atoms with E-state index in [9.17, 15) is 9.18 Å². The van der Waals surface area contributed by atoms with Crippen LogP contribution in [0.25, 0.3) is 0 Å². The van der Waals surface area contributed by atoms with E-state index < -0.39 is 5.54 Å². The van der Waals surface area contributed by atoms with Crippen molar-refractivity contribution in [1.29, 1.82) is 0 Å². The summed E-state index contributed by atoms with van der Waals surface area (Å²) < 4.78 is 14.5. The van der Waals surface area contributed by atoms with Gasteiger partial charge >= 0.3 is 0 Å². The van der Waals surface area contributed by atoms with Crippen molar-refractivity contribution >= 4 is 33.0 Å². The van der Waals surface area contributed by atoms with Gasteiger partial charge in [-0.25, -0.2) is 4.39 Å². The number of thiophene rings is 1. The number of carbonyl (C=O) groups is 1. The van der Waals surface area contributed by atoms with Crippen molar-refractivity contribution in [3.63, 3.8) is 0 Å². The fourth-order valence-corrected chi connectivity index (χ4v) is 6.63. The summed E-state index contributed by atoms with van der Waals surface area (Å²) in [5.41, 5.74) is 3.54. The van der Waals surface area contributed by atoms with Crippen LogP contribution in [0.5, 0.6) is 0 Å². The van der Waals surface area contributed by atoms with Crippen LogP contribution in [0.2, 0.25) is 0 Å². The van der Waals surface area contributed by atoms with Gasteiger partial charge < -0.3 is 0 Å². The van der Waals surface area contributed by atoms with Gasteiger partial charge in [0, 0.05) is 59.4 Å². The smallest absolute Gasteiger partial charge is 0.189 e. The van der Waals surface area contributed by atoms with Gasteiger partial charge in [-0.15, -0.1) is 11.3 Å². The predicted molar refractivity (Wildman–Crippen MR) is 126 cm³/mol. The van der Waals surface area contributed by atoms with Crippen LogP contribution in [-0.2, 0) is 18.5 Å². The molecule has 0 spiro atoms. The van der Waals surface area contributed by atoms with E-state index in [-0.39, 0.29) is 11.6 Å². The summed E-state index contributed by atoms with van der Waals surface area (Å²) in [6.07, 6.45) is 0.728. The molecule has 0 saturated carbocycles. The molecule has 1 unspecified atom stereocenters. The third-order valence-corrected chi connectivity index (χ3v) is 8.51. The van der Waals surface area contributed by atoms with Gasteiger partial charge in [0.15, 0.2) is 5.78 Å². The Morgan fingerprint density at radius 1 is 1.10 bits per heavy atom. The Morgan fingerprint density at radius 3 is 2.55 bits per heavy atom. The molecule has 5 rings (SSSR count). The quantitative estimate of drug-likeness (QED) is 0.480. The summed E-state index contributed by atoms with van der Waals surface area (Å²) in [6, 6.07) is 15.2. The van der Waals surface area contributed by atoms with Crippen molar-refractivity contribution in [1.82, 2.24) is 9.80 Å². The van der Waals surface area contributed by atoms with Crippen molar-refractivity contribution in [2.45, 2.75) is 25.4 Å². The molecule has 2 aromatic carbocycles. The number of aryl methyl sites for hydroxylation is 1. The van der Waals surface area contributed by atoms with Crippen LogP contribution in [0.4, 0.5) is 4.39 Å². The van der Waals surface area contributed by atoms with Gasteiger partial charge in [-0.3, -0.25) is 14.6 Å². The number of benzene rings is 2. The molecule has 1 aliphatic heterocycles. The minimum absolute atomic E-state index is 0.186. The number of halogens is 2. The molecule has 0 amide bonds. The number of ketones is 1. The highest BCUT2D eigenvalue weighted by Crippen LogP contribution is 2.45. The first-order valence-corrected chi connectivity index (χ1v) is 12.2. The minimum Gasteiger partial charge on any atom is -0.297 e. The van der Waals surface area contributed by atoms with Crippen LogP contribution in [0.15, 0.2) is 58.4 Å². The maximum absolute atomic E-state index is 13.8. The summed E-state index contributed by atoms with van der Waals surface area (Å²) in [5.74, 6) is 0.0368. The molecule has 31 heavy (non-hydrogen) atoms. The molecule has 0 radical (unpaired) electrons. The zero-order chi connectivity index (χ0) is 21.6. The van der Waals surface area contributed by atoms with Gasteiger partial charge in [0.1, 0.15) is 11.4 Å². The predicted octanol–water partition coefficient (Wildman–Crippen LogP) is 5.41. The SMILES string of the molecule is Cc1cc(F)ccc1CN1CCN(C2(c3cc(Br)cs3)Cc3ccccc3C2=O)CC1. The van der Waals surface area contributed by atoms with E-state index in [1.165, 1.54) is 6.07 Å². The average molecular weight is 499 g/mol. The molecule has 2 heterocycles. The molecule has 6 heteroatoms. The van der Waals surface area contributed by atoms with Gasteiger partial charge in [-0.05, 0) is 57.7 Å². The van der Waals surface area contributed by atoms with Crippen LogP contribution in [0.1, 0.15) is 31.9 Å². The molecule has 3 aromatic rings. The van der Waals surface area contributed by atoms with Crippen molar-refractivity contribution in [2.75, 3.05) is 26.2 Å². The van der Waals surface area contributed by atoms with E-state index in [0.717, 1.165) is 70.7 Å². The van der Waals surface area contributed by atoms with Crippen molar-refractivity contribution in [3.05, 3.63) is 91.3 Å². The summed E-state index contributed by atoms with van der Waals surface area (Å²) in [6.45, 7) is 6.20. The number of rotatable bonds is 4. The molecule has 160 valence electrons. The Labute approximate surface area is 194 Å². The molecule has 1 aliphatic carbocycles. The Balaban J connectivity index is 1.39. The number of hydrogen-bond acceptors (Lipinski definition) is 4. The monoisotopic (exact) mass is 498 g/mol. The summed E-state index contributed by atoms with van der Waals surface area (Å²) >= 11 is 5.25. The summed E-state index contributed by atoms with van der Waals surface area (Å²) in [4.78, 5) is 19.7. The molecule has 1 atom stereocenters. The Kier molecular flexibility index (Phi) is 5.59. The summed E-state index contributed by atoms with van der Waals surface area (Å²) in [7, 11) is 0. The lowest BCUT2D eigenvalue weighted by molar-refractivity contribution is 0.0301. The Hall–Kier alpha value is -1.86. The maximum Gasteiger partial charge on any atom is 0.189 e. The van der Waals surface area contributed by atoms with Gasteiger partial charge in [0.2, 0.25) is 0 Å². The van der Waals surface area contributed by atoms with Gasteiger partial charge in [0.25, 0.3) is 0 Å². The topological polar surface area (TPSA) is 23.6 Å². The first kappa shape index (κ1) is 21.0. The van der Waals surface area contributed by atoms with Crippen LogP contribution in [0.3, 0.4) is 0 Å². The highest BCUT2D eigenvalue weighted by atomic mass is 79.9. The molecular formula is C25H24BrFN2OS. The van der Waals surface area contributed by atoms with E-state index in [4.69, 9.17) is 0 Å². The number of piperazine rings is 1. The normalized spacial score (nSPS) is 22.1. The van der Waals surface area contributed by atoms with E-state index >= 15 is 0 Å². The molecule has 0 N–H and O–H groups in total. The van der Waals surface area contributed by atoms with E-state index in [2.05, 4.69) is 43.2 Å². The third-order valence-electron chi connectivity index (χ3n) is 6.67. The van der Waals surface area contributed by atoms with Crippen molar-refractivity contribution < 1.29 is 9.18 Å². The third kappa shape index (κ3) is 3.69. The number of hydrogen-bond donors (Lipinski definition) is 0. The highest BCUT2D eigenvalue weighted by Gasteiger charge is 2.52. The second-order valence-corrected chi connectivity index (χ2v) is 10.3. The average Bonchev–Trinajstić information content (AvgIpc) is 3.33. The molecule has 1 aromatic heterocycles. The Morgan fingerprint density at radius 2 is 1.87 bits per heavy atom. The number of fused-ring (bicyclic) bond motifs is 1. The maximum atomic E-state index is 13.8. The molecule has 2 aliphatic rings. The first-order valence-electron chi connectivity index (χ1n) is 10.6. The minimum atomic E-state index is -0.613. The molecule has 1 saturated heterocycles. The fraction of sp³-hybridized carbons (Fsp3) is 0.320. The molecule has 0 bridgehead atoms. The first-order chi connectivity index (χ1) is 15.0. The van der Waals surface area contributed by atoms with E-state index in [1.54, 1.807) is 17.4 Å². The van der Waals surface area contributed by atoms with Crippen LogP contribution in [-0.4, -0.2) is 41.8 Å². The van der Waals surface area contributed by atoms with E-state index in [1.807, 2.05) is 31.2 Å². The van der Waals surface area contributed by atoms with Gasteiger partial charge in [-0.1, -0.05) is 30.3 Å². The Bertz CT molecular complexity index is 1140. The van der Waals surface area contributed by atoms with Gasteiger partial charge in [-0.2, -0.15) is 0 Å². The second kappa shape index (κ2) is 8.24. The largest absolute Gasteiger partial charge is 0.297 e. The lowest BCUT2D eigenvalue weighted by Gasteiger charge is -2.44. The highest BCUT2D eigenvalue weighted by molar-refractivity contribution is 9.10. The zero-order valence-corrected chi connectivity index (χ0v) is 19.8. The summed E-state index contributed by atoms with van der Waals surface area (Å²) in [5, 5.41) is 2.07. The van der Waals surface area contributed by atoms with Crippen molar-refractivity contribution in [3.8, 4) is 0 Å². The number of nitrogens with zero attached hydrogens (tertiary/aromatic N) is 2. The van der Waals surface area contributed by atoms with Crippen molar-refractivity contribution in [2.24, 2.45) is 0 Å². The molecular weight excluding hydrogens is 475 g/mol. The lowest BCUT2D eigenvalue weighted by atomic mass is 9.89. The lowest BCUT2D eigenvalue weighted by Crippen LogP contribution is -2.57. The second-order valence-electron chi connectivity index (χ2n) is 8.49. The standard InChI is InChI=1S/C25H24BrFN2OS/c1-17-12-21(27)7-6-19(17)15-28-8-10-29(11-9-28)25(23-13-20(26)16-31-23)14-18-4-2-3-5-22(18)24(25)30/h2-7,12-13,16H,8-11,14-15H2,1H3. The van der Waals surface area contributed by atoms with Crippen LogP contribution in [0, 0.1) is 12.7 Å². The fourth-order valence-electron chi connectivity index (χ4n) is 4.98. The van der Waals surface area contributed by atoms with Crippen LogP contribution >= 0.6 is 27.3 Å². The number of carbonyl (C=O) groups excluding carboxylic acids is 1. The molecule has 3 nitrogen and oxygen atoms in total. The van der Waals surface area contributed by atoms with Gasteiger partial charge in [0.05, 0.1) is 0 Å². The zero-order valence-electron chi connectivity index (χ0n) is 17.4. The van der Waals surface area contributed by atoms with Crippen LogP contribution < -0.4 is 0 Å².